The Morgan fingerprint density at radius 1 is 1.18 bits per heavy atom. The monoisotopic (exact) mass is 338 g/mol. The minimum absolute atomic E-state index is 0.00685. The minimum Gasteiger partial charge on any atom is -0.322 e. The molecule has 1 aromatic heterocycles. The van der Waals surface area contributed by atoms with Gasteiger partial charge in [0.1, 0.15) is 10.7 Å². The molecule has 1 saturated heterocycles. The zero-order valence-corrected chi connectivity index (χ0v) is 13.2. The van der Waals surface area contributed by atoms with E-state index in [1.54, 1.807) is 0 Å². The van der Waals surface area contributed by atoms with E-state index in [0.717, 1.165) is 17.1 Å². The lowest BCUT2D eigenvalue weighted by atomic mass is 10.2. The summed E-state index contributed by atoms with van der Waals surface area (Å²) in [5.41, 5.74) is 1.48. The molecule has 7 nitrogen and oxygen atoms in total. The number of nitrogens with zero attached hydrogens (tertiary/aromatic N) is 3. The fourth-order valence-corrected chi connectivity index (χ4v) is 3.93. The van der Waals surface area contributed by atoms with Crippen LogP contribution in [0.2, 0.25) is 0 Å². The average molecular weight is 338 g/mol. The zero-order valence-electron chi connectivity index (χ0n) is 11.6. The van der Waals surface area contributed by atoms with E-state index in [9.17, 15) is 13.2 Å². The van der Waals surface area contributed by atoms with Gasteiger partial charge in [0.25, 0.3) is 0 Å². The maximum Gasteiger partial charge on any atom is 0.322 e. The van der Waals surface area contributed by atoms with Gasteiger partial charge in [-0.2, -0.15) is 0 Å². The number of hydrogen-bond acceptors (Lipinski definition) is 6. The van der Waals surface area contributed by atoms with E-state index in [4.69, 9.17) is 0 Å². The van der Waals surface area contributed by atoms with Gasteiger partial charge in [0, 0.05) is 30.2 Å². The van der Waals surface area contributed by atoms with Crippen LogP contribution in [0.3, 0.4) is 0 Å². The Morgan fingerprint density at radius 2 is 1.86 bits per heavy atom. The van der Waals surface area contributed by atoms with Gasteiger partial charge in [0.15, 0.2) is 9.84 Å². The van der Waals surface area contributed by atoms with Gasteiger partial charge in [-0.25, -0.2) is 13.2 Å². The first-order valence-corrected chi connectivity index (χ1v) is 9.29. The quantitative estimate of drug-likeness (QED) is 0.895. The summed E-state index contributed by atoms with van der Waals surface area (Å²) in [4.78, 5) is 13.7. The van der Waals surface area contributed by atoms with Gasteiger partial charge >= 0.3 is 6.03 Å². The van der Waals surface area contributed by atoms with Crippen molar-refractivity contribution in [2.45, 2.75) is 0 Å². The number of nitrogens with one attached hydrogen (secondary N) is 1. The van der Waals surface area contributed by atoms with Gasteiger partial charge in [-0.15, -0.1) is 5.10 Å². The topological polar surface area (TPSA) is 92.3 Å². The lowest BCUT2D eigenvalue weighted by Crippen LogP contribution is -2.45. The second-order valence-electron chi connectivity index (χ2n) is 4.89. The van der Waals surface area contributed by atoms with Crippen molar-refractivity contribution < 1.29 is 13.2 Å². The van der Waals surface area contributed by atoms with Crippen molar-refractivity contribution in [2.24, 2.45) is 0 Å². The summed E-state index contributed by atoms with van der Waals surface area (Å²) in [6, 6.07) is 9.12. The number of aromatic nitrogens is 2. The predicted molar refractivity (Wildman–Crippen MR) is 84.6 cm³/mol. The molecule has 3 rings (SSSR count). The summed E-state index contributed by atoms with van der Waals surface area (Å²) in [6.07, 6.45) is 0. The minimum atomic E-state index is -3.01. The van der Waals surface area contributed by atoms with Gasteiger partial charge in [-0.05, 0) is 0 Å². The van der Waals surface area contributed by atoms with E-state index in [1.165, 1.54) is 4.90 Å². The van der Waals surface area contributed by atoms with E-state index in [2.05, 4.69) is 14.9 Å². The predicted octanol–water partition coefficient (Wildman–Crippen LogP) is 1.47. The molecule has 2 heterocycles. The molecule has 1 aliphatic rings. The molecule has 1 aliphatic heterocycles. The van der Waals surface area contributed by atoms with Gasteiger partial charge in [0.05, 0.1) is 11.5 Å². The van der Waals surface area contributed by atoms with Gasteiger partial charge in [0.2, 0.25) is 0 Å². The molecular formula is C13H14N4O3S2. The number of rotatable bonds is 2. The van der Waals surface area contributed by atoms with Crippen LogP contribution in [-0.2, 0) is 9.84 Å². The Labute approximate surface area is 132 Å². The van der Waals surface area contributed by atoms with E-state index in [1.807, 2.05) is 30.3 Å². The number of carbonyl (C=O) groups is 1. The molecule has 0 aliphatic carbocycles. The van der Waals surface area contributed by atoms with Crippen molar-refractivity contribution in [3.8, 4) is 11.3 Å². The third-order valence-corrected chi connectivity index (χ3v) is 5.64. The van der Waals surface area contributed by atoms with Crippen molar-refractivity contribution in [3.63, 3.8) is 0 Å². The van der Waals surface area contributed by atoms with Crippen LogP contribution in [0, 0.1) is 0 Å². The third kappa shape index (κ3) is 3.25. The highest BCUT2D eigenvalue weighted by Gasteiger charge is 2.26. The normalized spacial score (nSPS) is 17.2. The molecule has 0 bridgehead atoms. The summed E-state index contributed by atoms with van der Waals surface area (Å²) in [7, 11) is -3.01. The summed E-state index contributed by atoms with van der Waals surface area (Å²) in [6.45, 7) is 0.419. The lowest BCUT2D eigenvalue weighted by molar-refractivity contribution is 0.216. The standard InChI is InChI=1S/C13H14N4O3S2/c18-13(17-6-8-22(19,20)9-7-17)14-12-11(15-16-21-12)10-4-2-1-3-5-10/h1-5H,6-9H2,(H,14,18). The van der Waals surface area contributed by atoms with Crippen LogP contribution in [0.5, 0.6) is 0 Å². The molecule has 2 amide bonds. The first-order valence-electron chi connectivity index (χ1n) is 6.69. The van der Waals surface area contributed by atoms with Crippen LogP contribution < -0.4 is 5.32 Å². The van der Waals surface area contributed by atoms with Gasteiger partial charge in [-0.1, -0.05) is 34.8 Å². The third-order valence-electron chi connectivity index (χ3n) is 3.39. The molecule has 2 aromatic rings. The first-order chi connectivity index (χ1) is 10.6. The van der Waals surface area contributed by atoms with Crippen molar-refractivity contribution >= 4 is 32.4 Å². The molecule has 0 radical (unpaired) electrons. The highest BCUT2D eigenvalue weighted by Crippen LogP contribution is 2.28. The Kier molecular flexibility index (Phi) is 4.08. The fraction of sp³-hybridized carbons (Fsp3) is 0.308. The van der Waals surface area contributed by atoms with E-state index in [-0.39, 0.29) is 30.6 Å². The largest absolute Gasteiger partial charge is 0.322 e. The molecule has 0 unspecified atom stereocenters. The molecule has 1 aromatic carbocycles. The smallest absolute Gasteiger partial charge is 0.322 e. The maximum absolute atomic E-state index is 12.2. The molecule has 0 saturated carbocycles. The van der Waals surface area contributed by atoms with Crippen molar-refractivity contribution in [2.75, 3.05) is 29.9 Å². The van der Waals surface area contributed by atoms with Crippen LogP contribution in [0.1, 0.15) is 0 Å². The summed E-state index contributed by atoms with van der Waals surface area (Å²) in [5, 5.41) is 7.38. The highest BCUT2D eigenvalue weighted by atomic mass is 32.2. The zero-order chi connectivity index (χ0) is 15.6. The second kappa shape index (κ2) is 6.01. The van der Waals surface area contributed by atoms with Crippen LogP contribution in [0.15, 0.2) is 30.3 Å². The second-order valence-corrected chi connectivity index (χ2v) is 7.94. The number of benzene rings is 1. The Morgan fingerprint density at radius 3 is 2.55 bits per heavy atom. The number of anilines is 1. The molecule has 1 fully saturated rings. The van der Waals surface area contributed by atoms with E-state index < -0.39 is 9.84 Å². The van der Waals surface area contributed by atoms with Crippen LogP contribution in [-0.4, -0.2) is 53.5 Å². The molecule has 0 atom stereocenters. The Bertz CT molecular complexity index is 760. The summed E-state index contributed by atoms with van der Waals surface area (Å²) in [5.74, 6) is 0.0137. The molecule has 22 heavy (non-hydrogen) atoms. The summed E-state index contributed by atoms with van der Waals surface area (Å²) < 4.78 is 26.7. The SMILES string of the molecule is O=C(Nc1snnc1-c1ccccc1)N1CCS(=O)(=O)CC1. The molecule has 116 valence electrons. The lowest BCUT2D eigenvalue weighted by Gasteiger charge is -2.26. The Hall–Kier alpha value is -2.00. The molecular weight excluding hydrogens is 324 g/mol. The number of hydrogen-bond donors (Lipinski definition) is 1. The van der Waals surface area contributed by atoms with Crippen LogP contribution in [0.25, 0.3) is 11.3 Å². The van der Waals surface area contributed by atoms with E-state index in [0.29, 0.717) is 10.7 Å². The molecule has 1 N–H and O–H groups in total. The van der Waals surface area contributed by atoms with Crippen LogP contribution in [0.4, 0.5) is 9.80 Å². The number of carbonyl (C=O) groups excluding carboxylic acids is 1. The number of urea groups is 1. The molecule has 0 spiro atoms. The van der Waals surface area contributed by atoms with Crippen molar-refractivity contribution in [3.05, 3.63) is 30.3 Å². The number of amides is 2. The number of sulfone groups is 1. The van der Waals surface area contributed by atoms with Gasteiger partial charge in [-0.3, -0.25) is 5.32 Å². The van der Waals surface area contributed by atoms with Crippen LogP contribution >= 0.6 is 11.5 Å². The highest BCUT2D eigenvalue weighted by molar-refractivity contribution is 7.91. The summed E-state index contributed by atoms with van der Waals surface area (Å²) >= 11 is 1.10. The fourth-order valence-electron chi connectivity index (χ4n) is 2.15. The van der Waals surface area contributed by atoms with Crippen molar-refractivity contribution in [1.82, 2.24) is 14.5 Å². The Balaban J connectivity index is 1.72. The average Bonchev–Trinajstić information content (AvgIpc) is 2.96. The van der Waals surface area contributed by atoms with Crippen molar-refractivity contribution in [1.29, 1.82) is 0 Å². The van der Waals surface area contributed by atoms with E-state index >= 15 is 0 Å². The maximum atomic E-state index is 12.2. The van der Waals surface area contributed by atoms with Gasteiger partial charge < -0.3 is 4.90 Å². The first kappa shape index (κ1) is 14.9. The molecule has 9 heteroatoms.